The zero-order valence-corrected chi connectivity index (χ0v) is 11.9. The Morgan fingerprint density at radius 3 is 1.93 bits per heavy atom. The molecule has 0 aliphatic carbocycles. The fourth-order valence-corrected chi connectivity index (χ4v) is 1.75. The van der Waals surface area contributed by atoms with Crippen molar-refractivity contribution < 1.29 is 8.37 Å². The quantitative estimate of drug-likeness (QED) is 0.576. The zero-order chi connectivity index (χ0) is 10.6. The van der Waals surface area contributed by atoms with Gasteiger partial charge in [-0.25, -0.2) is 9.13 Å². The van der Waals surface area contributed by atoms with Gasteiger partial charge in [-0.05, 0) is 30.1 Å². The molecule has 14 heavy (non-hydrogen) atoms. The SMILES string of the molecule is CCn1c(Cl)c(Cl)[n+](C)c1Cl.Cl.[O]=[Al]. The van der Waals surface area contributed by atoms with Crippen molar-refractivity contribution in [3.8, 4) is 0 Å². The van der Waals surface area contributed by atoms with E-state index in [1.54, 1.807) is 16.2 Å². The van der Waals surface area contributed by atoms with E-state index in [1.165, 1.54) is 16.2 Å². The van der Waals surface area contributed by atoms with E-state index in [2.05, 4.69) is 0 Å². The van der Waals surface area contributed by atoms with Crippen LogP contribution in [0.25, 0.3) is 0 Å². The van der Waals surface area contributed by atoms with Gasteiger partial charge in [-0.1, -0.05) is 0 Å². The molecule has 1 aromatic heterocycles. The van der Waals surface area contributed by atoms with E-state index in [0.717, 1.165) is 6.54 Å². The third-order valence-electron chi connectivity index (χ3n) is 1.52. The van der Waals surface area contributed by atoms with Crippen molar-refractivity contribution in [1.82, 2.24) is 4.57 Å². The van der Waals surface area contributed by atoms with Crippen LogP contribution in [0.1, 0.15) is 6.92 Å². The second-order valence-corrected chi connectivity index (χ2v) is 3.21. The molecule has 1 rings (SSSR count). The first-order chi connectivity index (χ1) is 6.09. The maximum atomic E-state index is 8.17. The number of aromatic nitrogens is 2. The molecule has 8 heteroatoms. The van der Waals surface area contributed by atoms with Gasteiger partial charge >= 0.3 is 25.3 Å². The molecule has 0 atom stereocenters. The predicted molar refractivity (Wildman–Crippen MR) is 60.0 cm³/mol. The molecule has 0 aromatic carbocycles. The molecule has 0 aliphatic rings. The molecule has 3 nitrogen and oxygen atoms in total. The summed E-state index contributed by atoms with van der Waals surface area (Å²) < 4.78 is 11.5. The maximum absolute atomic E-state index is 8.17. The molecule has 0 saturated heterocycles. The topological polar surface area (TPSA) is 25.9 Å². The van der Waals surface area contributed by atoms with Gasteiger partial charge < -0.3 is 0 Å². The van der Waals surface area contributed by atoms with Crippen LogP contribution in [-0.2, 0) is 17.4 Å². The molecule has 1 heterocycles. The van der Waals surface area contributed by atoms with Gasteiger partial charge in [0, 0.05) is 11.6 Å². The van der Waals surface area contributed by atoms with Crippen LogP contribution in [0, 0.1) is 0 Å². The average molecular weight is 294 g/mol. The summed E-state index contributed by atoms with van der Waals surface area (Å²) >= 11 is 18.7. The number of hydrogen-bond donors (Lipinski definition) is 0. The molecule has 0 spiro atoms. The second-order valence-electron chi connectivity index (χ2n) is 2.15. The van der Waals surface area contributed by atoms with Crippen molar-refractivity contribution in [2.24, 2.45) is 7.05 Å². The molecule has 79 valence electrons. The molecule has 0 aliphatic heterocycles. The number of halogens is 4. The summed E-state index contributed by atoms with van der Waals surface area (Å²) in [6, 6.07) is 0. The van der Waals surface area contributed by atoms with Crippen molar-refractivity contribution in [2.45, 2.75) is 13.5 Å². The molecule has 0 fully saturated rings. The number of nitrogens with zero attached hydrogens (tertiary/aromatic N) is 2. The van der Waals surface area contributed by atoms with Gasteiger partial charge in [-0.3, -0.25) is 0 Å². The normalized spacial score (nSPS) is 8.57. The fourth-order valence-electron chi connectivity index (χ4n) is 0.862. The van der Waals surface area contributed by atoms with Crippen LogP contribution in [0.5, 0.6) is 0 Å². The standard InChI is InChI=1S/C6H8Cl3N2.Al.ClH.O/c1-3-11-5(8)4(7)10(2)6(11)9;;;/h3H2,1-2H3;;1H;/q+1;;;. The van der Waals surface area contributed by atoms with E-state index >= 15 is 0 Å². The molecule has 1 aromatic rings. The molecule has 0 unspecified atom stereocenters. The van der Waals surface area contributed by atoms with Crippen molar-refractivity contribution in [1.29, 1.82) is 0 Å². The van der Waals surface area contributed by atoms with Crippen LogP contribution in [0.4, 0.5) is 0 Å². The molecule has 0 bridgehead atoms. The Balaban J connectivity index is 0. The van der Waals surface area contributed by atoms with Crippen LogP contribution < -0.4 is 4.57 Å². The monoisotopic (exact) mass is 292 g/mol. The Bertz CT molecular complexity index is 279. The summed E-state index contributed by atoms with van der Waals surface area (Å²) in [6.45, 7) is 2.67. The average Bonchev–Trinajstić information content (AvgIpc) is 2.35. The van der Waals surface area contributed by atoms with E-state index < -0.39 is 0 Å². The summed E-state index contributed by atoms with van der Waals surface area (Å²) in [5.41, 5.74) is 0. The summed E-state index contributed by atoms with van der Waals surface area (Å²) in [4.78, 5) is 0. The van der Waals surface area contributed by atoms with Gasteiger partial charge in [-0.2, -0.15) is 0 Å². The first-order valence-electron chi connectivity index (χ1n) is 3.42. The molecule has 1 radical (unpaired) electrons. The van der Waals surface area contributed by atoms with E-state index in [4.69, 9.17) is 38.6 Å². The van der Waals surface area contributed by atoms with Crippen LogP contribution >= 0.6 is 47.2 Å². The molecular formula is C6H9AlCl4N2O+. The molecule has 0 N–H and O–H groups in total. The van der Waals surface area contributed by atoms with Crippen molar-refractivity contribution >= 4 is 63.4 Å². The van der Waals surface area contributed by atoms with E-state index in [1.807, 2.05) is 6.92 Å². The second kappa shape index (κ2) is 7.93. The van der Waals surface area contributed by atoms with Crippen LogP contribution in [0.3, 0.4) is 0 Å². The first-order valence-corrected chi connectivity index (χ1v) is 5.02. The predicted octanol–water partition coefficient (Wildman–Crippen LogP) is 2.21. The fraction of sp³-hybridized carbons (Fsp3) is 0.500. The third kappa shape index (κ3) is 3.38. The summed E-state index contributed by atoms with van der Waals surface area (Å²) in [5, 5.41) is 1.50. The Kier molecular flexibility index (Phi) is 9.68. The molecule has 0 amide bonds. The van der Waals surface area contributed by atoms with E-state index in [9.17, 15) is 0 Å². The number of rotatable bonds is 1. The summed E-state index contributed by atoms with van der Waals surface area (Å²) in [6.07, 6.45) is 0. The molecule has 0 saturated carbocycles. The van der Waals surface area contributed by atoms with Crippen molar-refractivity contribution in [3.05, 3.63) is 15.6 Å². The Labute approximate surface area is 112 Å². The van der Waals surface area contributed by atoms with Crippen LogP contribution in [0.2, 0.25) is 15.6 Å². The van der Waals surface area contributed by atoms with Gasteiger partial charge in [0.1, 0.15) is 0 Å². The Hall–Kier alpha value is 0.702. The van der Waals surface area contributed by atoms with E-state index in [0.29, 0.717) is 15.6 Å². The van der Waals surface area contributed by atoms with Crippen LogP contribution in [0.15, 0.2) is 0 Å². The van der Waals surface area contributed by atoms with Crippen molar-refractivity contribution in [2.75, 3.05) is 0 Å². The third-order valence-corrected chi connectivity index (χ3v) is 2.89. The van der Waals surface area contributed by atoms with Gasteiger partial charge in [-0.15, -0.1) is 12.4 Å². The minimum atomic E-state index is 0. The first kappa shape index (κ1) is 17.1. The van der Waals surface area contributed by atoms with Gasteiger partial charge in [0.25, 0.3) is 10.3 Å². The van der Waals surface area contributed by atoms with Gasteiger partial charge in [0.05, 0.1) is 13.6 Å². The minimum absolute atomic E-state index is 0. The van der Waals surface area contributed by atoms with Crippen molar-refractivity contribution in [3.63, 3.8) is 0 Å². The molecular weight excluding hydrogens is 285 g/mol. The van der Waals surface area contributed by atoms with Gasteiger partial charge in [0.15, 0.2) is 0 Å². The number of imidazole rings is 1. The number of hydrogen-bond acceptors (Lipinski definition) is 1. The van der Waals surface area contributed by atoms with Crippen LogP contribution in [-0.4, -0.2) is 20.8 Å². The summed E-state index contributed by atoms with van der Waals surface area (Å²) in [5.74, 6) is 0. The van der Waals surface area contributed by atoms with Gasteiger partial charge in [0.2, 0.25) is 0 Å². The summed E-state index contributed by atoms with van der Waals surface area (Å²) in [7, 11) is 1.77. The zero-order valence-electron chi connectivity index (χ0n) is 7.63. The Morgan fingerprint density at radius 2 is 1.79 bits per heavy atom. The Morgan fingerprint density at radius 1 is 1.36 bits per heavy atom. The van der Waals surface area contributed by atoms with E-state index in [-0.39, 0.29) is 12.4 Å².